The van der Waals surface area contributed by atoms with E-state index in [1.165, 1.54) is 16.0 Å². The van der Waals surface area contributed by atoms with Gasteiger partial charge in [-0.3, -0.25) is 14.7 Å². The van der Waals surface area contributed by atoms with Crippen LogP contribution in [0.25, 0.3) is 16.4 Å². The molecule has 0 fully saturated rings. The molecule has 0 aliphatic carbocycles. The molecule has 6 nitrogen and oxygen atoms in total. The summed E-state index contributed by atoms with van der Waals surface area (Å²) in [5, 5.41) is 9.03. The van der Waals surface area contributed by atoms with Crippen molar-refractivity contribution in [3.63, 3.8) is 0 Å². The number of aromatic amines is 1. The highest BCUT2D eigenvalue weighted by molar-refractivity contribution is 7.12. The van der Waals surface area contributed by atoms with Gasteiger partial charge in [0, 0.05) is 39.7 Å². The number of aryl methyl sites for hydroxylation is 1. The zero-order valence-electron chi connectivity index (χ0n) is 15.4. The van der Waals surface area contributed by atoms with E-state index in [0.29, 0.717) is 22.1 Å². The van der Waals surface area contributed by atoms with Crippen LogP contribution in [-0.2, 0) is 11.2 Å². The number of thiazole rings is 1. The minimum absolute atomic E-state index is 0.0594. The van der Waals surface area contributed by atoms with Gasteiger partial charge in [-0.05, 0) is 39.3 Å². The van der Waals surface area contributed by atoms with Gasteiger partial charge in [0.15, 0.2) is 0 Å². The first-order valence-corrected chi connectivity index (χ1v) is 9.92. The highest BCUT2D eigenvalue weighted by Crippen LogP contribution is 2.24. The number of halogens is 1. The maximum atomic E-state index is 12.8. The molecule has 0 saturated heterocycles. The van der Waals surface area contributed by atoms with Crippen molar-refractivity contribution in [3.8, 4) is 16.4 Å². The first kappa shape index (κ1) is 19.4. The Morgan fingerprint density at radius 2 is 2.04 bits per heavy atom. The number of hydrogen-bond acceptors (Lipinski definition) is 4. The van der Waals surface area contributed by atoms with Crippen molar-refractivity contribution in [2.45, 2.75) is 39.7 Å². The molecule has 2 heterocycles. The van der Waals surface area contributed by atoms with Crippen molar-refractivity contribution in [1.29, 1.82) is 0 Å². The molecule has 142 valence electrons. The van der Waals surface area contributed by atoms with E-state index in [1.54, 1.807) is 12.1 Å². The third kappa shape index (κ3) is 4.48. The van der Waals surface area contributed by atoms with Crippen LogP contribution in [0.5, 0.6) is 0 Å². The van der Waals surface area contributed by atoms with Crippen LogP contribution >= 0.6 is 22.9 Å². The molecule has 2 N–H and O–H groups in total. The van der Waals surface area contributed by atoms with Crippen LogP contribution in [0.15, 0.2) is 34.4 Å². The average Bonchev–Trinajstić information content (AvgIpc) is 3.19. The molecule has 0 spiro atoms. The number of nitrogens with one attached hydrogen (secondary N) is 2. The van der Waals surface area contributed by atoms with Gasteiger partial charge in [-0.1, -0.05) is 23.7 Å². The third-order valence-electron chi connectivity index (χ3n) is 4.07. The van der Waals surface area contributed by atoms with Crippen molar-refractivity contribution in [3.05, 3.63) is 56.3 Å². The van der Waals surface area contributed by atoms with Gasteiger partial charge in [-0.25, -0.2) is 4.98 Å². The number of hydrogen-bond donors (Lipinski definition) is 2. The summed E-state index contributed by atoms with van der Waals surface area (Å²) in [6.45, 7) is 5.65. The number of carbonyl (C=O) groups excluding carboxylic acids is 1. The summed E-state index contributed by atoms with van der Waals surface area (Å²) in [4.78, 5) is 29.2. The molecular formula is C19H21ClN4O2S. The van der Waals surface area contributed by atoms with Crippen molar-refractivity contribution in [2.24, 2.45) is 0 Å². The van der Waals surface area contributed by atoms with Gasteiger partial charge in [0.05, 0.1) is 5.69 Å². The molecule has 0 radical (unpaired) electrons. The van der Waals surface area contributed by atoms with Gasteiger partial charge < -0.3 is 5.32 Å². The van der Waals surface area contributed by atoms with Crippen LogP contribution in [0.4, 0.5) is 0 Å². The van der Waals surface area contributed by atoms with Gasteiger partial charge in [-0.2, -0.15) is 4.68 Å². The van der Waals surface area contributed by atoms with Crippen LogP contribution in [0.2, 0.25) is 5.02 Å². The van der Waals surface area contributed by atoms with E-state index in [4.69, 9.17) is 11.6 Å². The molecule has 0 unspecified atom stereocenters. The summed E-state index contributed by atoms with van der Waals surface area (Å²) in [5.74, 6) is -0.0594. The predicted octanol–water partition coefficient (Wildman–Crippen LogP) is 3.71. The average molecular weight is 405 g/mol. The van der Waals surface area contributed by atoms with Crippen molar-refractivity contribution in [2.75, 3.05) is 0 Å². The normalized spacial score (nSPS) is 11.1. The summed E-state index contributed by atoms with van der Waals surface area (Å²) in [7, 11) is 0. The Kier molecular flexibility index (Phi) is 5.82. The summed E-state index contributed by atoms with van der Waals surface area (Å²) >= 11 is 7.30. The number of benzene rings is 1. The van der Waals surface area contributed by atoms with Crippen LogP contribution in [0.1, 0.15) is 31.5 Å². The lowest BCUT2D eigenvalue weighted by Gasteiger charge is -2.07. The minimum atomic E-state index is -0.165. The monoisotopic (exact) mass is 404 g/mol. The summed E-state index contributed by atoms with van der Waals surface area (Å²) in [6, 6.07) is 7.48. The van der Waals surface area contributed by atoms with Crippen molar-refractivity contribution >= 4 is 28.8 Å². The molecule has 3 rings (SSSR count). The number of H-pyrrole nitrogens is 1. The van der Waals surface area contributed by atoms with E-state index in [-0.39, 0.29) is 23.9 Å². The molecule has 0 aliphatic heterocycles. The maximum Gasteiger partial charge on any atom is 0.276 e. The second-order valence-corrected chi connectivity index (χ2v) is 7.87. The summed E-state index contributed by atoms with van der Waals surface area (Å²) in [6.07, 6.45) is 0.669. The van der Waals surface area contributed by atoms with Crippen LogP contribution < -0.4 is 10.9 Å². The van der Waals surface area contributed by atoms with E-state index >= 15 is 0 Å². The number of nitrogens with zero attached hydrogens (tertiary/aromatic N) is 2. The Bertz CT molecular complexity index is 1000. The first-order valence-electron chi connectivity index (χ1n) is 8.67. The van der Waals surface area contributed by atoms with Gasteiger partial charge in [0.2, 0.25) is 11.0 Å². The SMILES string of the molecule is Cc1[nH]n(-c2nc(-c3ccc(Cl)cc3)cs2)c(=O)c1CCC(=O)NC(C)C. The molecule has 27 heavy (non-hydrogen) atoms. The molecule has 8 heteroatoms. The molecule has 2 aromatic heterocycles. The fraction of sp³-hybridized carbons (Fsp3) is 0.316. The lowest BCUT2D eigenvalue weighted by Crippen LogP contribution is -2.30. The second-order valence-electron chi connectivity index (χ2n) is 6.60. The zero-order valence-corrected chi connectivity index (χ0v) is 16.9. The molecule has 0 bridgehead atoms. The number of aromatic nitrogens is 3. The second kappa shape index (κ2) is 8.10. The van der Waals surface area contributed by atoms with Gasteiger partial charge in [0.1, 0.15) is 0 Å². The molecule has 1 amide bonds. The largest absolute Gasteiger partial charge is 0.354 e. The van der Waals surface area contributed by atoms with Gasteiger partial charge >= 0.3 is 0 Å². The van der Waals surface area contributed by atoms with Crippen LogP contribution in [-0.4, -0.2) is 26.7 Å². The highest BCUT2D eigenvalue weighted by atomic mass is 35.5. The van der Waals surface area contributed by atoms with Crippen molar-refractivity contribution < 1.29 is 4.79 Å². The summed E-state index contributed by atoms with van der Waals surface area (Å²) < 4.78 is 1.44. The first-order chi connectivity index (χ1) is 12.8. The van der Waals surface area contributed by atoms with Gasteiger partial charge in [-0.15, -0.1) is 11.3 Å². The molecule has 0 aliphatic rings. The number of carbonyl (C=O) groups is 1. The Balaban J connectivity index is 1.81. The molecule has 0 atom stereocenters. The topological polar surface area (TPSA) is 79.8 Å². The Hall–Kier alpha value is -2.38. The van der Waals surface area contributed by atoms with Crippen LogP contribution in [0.3, 0.4) is 0 Å². The molecule has 1 aromatic carbocycles. The zero-order chi connectivity index (χ0) is 19.6. The Morgan fingerprint density at radius 3 is 2.70 bits per heavy atom. The lowest BCUT2D eigenvalue weighted by molar-refractivity contribution is -0.121. The van der Waals surface area contributed by atoms with Gasteiger partial charge in [0.25, 0.3) is 5.56 Å². The van der Waals surface area contributed by atoms with E-state index in [1.807, 2.05) is 38.3 Å². The lowest BCUT2D eigenvalue weighted by atomic mass is 10.1. The highest BCUT2D eigenvalue weighted by Gasteiger charge is 2.16. The standard InChI is InChI=1S/C19H21ClN4O2S/c1-11(2)21-17(25)9-8-15-12(3)23-24(18(15)26)19-22-16(10-27-19)13-4-6-14(20)7-5-13/h4-7,10-11,23H,8-9H2,1-3H3,(H,21,25). The minimum Gasteiger partial charge on any atom is -0.354 e. The Morgan fingerprint density at radius 1 is 1.33 bits per heavy atom. The Labute approximate surface area is 166 Å². The smallest absolute Gasteiger partial charge is 0.276 e. The quantitative estimate of drug-likeness (QED) is 0.657. The fourth-order valence-electron chi connectivity index (χ4n) is 2.76. The molecule has 0 saturated carbocycles. The third-order valence-corrected chi connectivity index (χ3v) is 5.15. The van der Waals surface area contributed by atoms with Crippen molar-refractivity contribution in [1.82, 2.24) is 20.1 Å². The number of rotatable bonds is 6. The maximum absolute atomic E-state index is 12.8. The molecular weight excluding hydrogens is 384 g/mol. The fourth-order valence-corrected chi connectivity index (χ4v) is 3.68. The van der Waals surface area contributed by atoms with E-state index in [2.05, 4.69) is 15.4 Å². The predicted molar refractivity (Wildman–Crippen MR) is 109 cm³/mol. The molecule has 3 aromatic rings. The van der Waals surface area contributed by atoms with E-state index in [0.717, 1.165) is 17.0 Å². The van der Waals surface area contributed by atoms with E-state index in [9.17, 15) is 9.59 Å². The number of amides is 1. The summed E-state index contributed by atoms with van der Waals surface area (Å²) in [5.41, 5.74) is 2.91. The van der Waals surface area contributed by atoms with Crippen LogP contribution in [0, 0.1) is 6.92 Å². The van der Waals surface area contributed by atoms with E-state index < -0.39 is 0 Å².